The number of hydrogen-bond acceptors (Lipinski definition) is 3. The molecule has 3 rings (SSSR count). The Morgan fingerprint density at radius 1 is 1.33 bits per heavy atom. The monoisotopic (exact) mass is 285 g/mol. The molecule has 21 heavy (non-hydrogen) atoms. The van der Waals surface area contributed by atoms with E-state index in [4.69, 9.17) is 10.5 Å². The number of rotatable bonds is 6. The van der Waals surface area contributed by atoms with Gasteiger partial charge in [-0.2, -0.15) is 0 Å². The topological polar surface area (TPSA) is 53.1 Å². The maximum absolute atomic E-state index is 6.39. The van der Waals surface area contributed by atoms with Gasteiger partial charge in [0, 0.05) is 13.3 Å². The van der Waals surface area contributed by atoms with Crippen LogP contribution in [0.3, 0.4) is 0 Å². The number of nitrogens with zero attached hydrogens (tertiary/aromatic N) is 2. The van der Waals surface area contributed by atoms with Gasteiger partial charge in [-0.15, -0.1) is 0 Å². The van der Waals surface area contributed by atoms with Crippen LogP contribution in [-0.2, 0) is 17.7 Å². The van der Waals surface area contributed by atoms with Crippen molar-refractivity contribution in [1.29, 1.82) is 0 Å². The van der Waals surface area contributed by atoms with Crippen LogP contribution in [0, 0.1) is 0 Å². The van der Waals surface area contributed by atoms with Gasteiger partial charge in [0.05, 0.1) is 30.2 Å². The number of nitrogens with two attached hydrogens (primary N) is 1. The van der Waals surface area contributed by atoms with E-state index >= 15 is 0 Å². The smallest absolute Gasteiger partial charge is 0.0949 e. The molecule has 1 atom stereocenters. The zero-order valence-corrected chi connectivity index (χ0v) is 12.5. The van der Waals surface area contributed by atoms with Gasteiger partial charge < -0.3 is 15.0 Å². The van der Waals surface area contributed by atoms with Crippen molar-refractivity contribution in [2.24, 2.45) is 5.73 Å². The van der Waals surface area contributed by atoms with E-state index in [1.807, 2.05) is 30.7 Å². The number of methoxy groups -OCH3 is 1. The summed E-state index contributed by atoms with van der Waals surface area (Å²) >= 11 is 0. The number of benzene rings is 1. The zero-order valence-electron chi connectivity index (χ0n) is 12.5. The van der Waals surface area contributed by atoms with Gasteiger partial charge in [0.2, 0.25) is 0 Å². The predicted molar refractivity (Wildman–Crippen MR) is 82.9 cm³/mol. The Kier molecular flexibility index (Phi) is 4.08. The van der Waals surface area contributed by atoms with Gasteiger partial charge in [0.25, 0.3) is 0 Å². The van der Waals surface area contributed by atoms with E-state index in [0.717, 1.165) is 31.5 Å². The predicted octanol–water partition coefficient (Wildman–Crippen LogP) is 2.69. The molecule has 0 radical (unpaired) electrons. The molecular formula is C17H23N3O. The van der Waals surface area contributed by atoms with Crippen molar-refractivity contribution in [2.75, 3.05) is 7.11 Å². The SMILES string of the molecule is COC1(Cn2cncc2[C@H](N)Cc2ccccc2)CCC1. The van der Waals surface area contributed by atoms with Gasteiger partial charge in [-0.05, 0) is 31.2 Å². The van der Waals surface area contributed by atoms with Crippen LogP contribution in [0.1, 0.15) is 36.6 Å². The fraction of sp³-hybridized carbons (Fsp3) is 0.471. The quantitative estimate of drug-likeness (QED) is 0.888. The highest BCUT2D eigenvalue weighted by molar-refractivity contribution is 5.18. The molecule has 0 saturated heterocycles. The molecule has 0 unspecified atom stereocenters. The fourth-order valence-electron chi connectivity index (χ4n) is 3.05. The van der Waals surface area contributed by atoms with Gasteiger partial charge in [0.1, 0.15) is 0 Å². The van der Waals surface area contributed by atoms with E-state index in [1.54, 1.807) is 7.11 Å². The number of aromatic nitrogens is 2. The van der Waals surface area contributed by atoms with E-state index < -0.39 is 0 Å². The van der Waals surface area contributed by atoms with Gasteiger partial charge in [0.15, 0.2) is 0 Å². The minimum Gasteiger partial charge on any atom is -0.376 e. The molecule has 0 bridgehead atoms. The van der Waals surface area contributed by atoms with Crippen LogP contribution in [-0.4, -0.2) is 22.3 Å². The molecule has 1 saturated carbocycles. The Labute approximate surface area is 125 Å². The summed E-state index contributed by atoms with van der Waals surface area (Å²) < 4.78 is 7.87. The number of hydrogen-bond donors (Lipinski definition) is 1. The Morgan fingerprint density at radius 2 is 2.10 bits per heavy atom. The molecule has 0 amide bonds. The molecule has 1 heterocycles. The first-order valence-corrected chi connectivity index (χ1v) is 7.57. The fourth-order valence-corrected chi connectivity index (χ4v) is 3.05. The standard InChI is InChI=1S/C17H23N3O/c1-21-17(8-5-9-17)12-20-13-19-11-16(20)15(18)10-14-6-3-2-4-7-14/h2-4,6-7,11,13,15H,5,8-10,12,18H2,1H3/t15-/m1/s1. The second kappa shape index (κ2) is 6.00. The second-order valence-corrected chi connectivity index (χ2v) is 5.98. The van der Waals surface area contributed by atoms with Gasteiger partial charge in [-0.25, -0.2) is 4.98 Å². The molecule has 1 aliphatic rings. The first kappa shape index (κ1) is 14.3. The Bertz CT molecular complexity index is 569. The summed E-state index contributed by atoms with van der Waals surface area (Å²) in [5.41, 5.74) is 8.72. The Morgan fingerprint density at radius 3 is 2.71 bits per heavy atom. The van der Waals surface area contributed by atoms with Crippen molar-refractivity contribution < 1.29 is 4.74 Å². The highest BCUT2D eigenvalue weighted by Crippen LogP contribution is 2.37. The van der Waals surface area contributed by atoms with E-state index in [-0.39, 0.29) is 11.6 Å². The lowest BCUT2D eigenvalue weighted by Crippen LogP contribution is -2.43. The summed E-state index contributed by atoms with van der Waals surface area (Å²) in [6, 6.07) is 10.3. The lowest BCUT2D eigenvalue weighted by molar-refractivity contribution is -0.0840. The minimum atomic E-state index is -0.0381. The lowest BCUT2D eigenvalue weighted by atomic mass is 9.80. The molecule has 0 aliphatic heterocycles. The third-order valence-corrected chi connectivity index (χ3v) is 4.58. The molecule has 2 aromatic rings. The van der Waals surface area contributed by atoms with Crippen LogP contribution >= 0.6 is 0 Å². The maximum Gasteiger partial charge on any atom is 0.0949 e. The average molecular weight is 285 g/mol. The van der Waals surface area contributed by atoms with Crippen molar-refractivity contribution >= 4 is 0 Å². The van der Waals surface area contributed by atoms with Crippen molar-refractivity contribution in [3.8, 4) is 0 Å². The van der Waals surface area contributed by atoms with Gasteiger partial charge in [-0.3, -0.25) is 0 Å². The molecule has 4 heteroatoms. The highest BCUT2D eigenvalue weighted by Gasteiger charge is 2.37. The van der Waals surface area contributed by atoms with Gasteiger partial charge >= 0.3 is 0 Å². The molecule has 1 aliphatic carbocycles. The number of ether oxygens (including phenoxy) is 1. The second-order valence-electron chi connectivity index (χ2n) is 5.98. The third kappa shape index (κ3) is 3.01. The first-order valence-electron chi connectivity index (χ1n) is 7.57. The molecule has 2 N–H and O–H groups in total. The molecule has 4 nitrogen and oxygen atoms in total. The molecule has 1 fully saturated rings. The average Bonchev–Trinajstić information content (AvgIpc) is 2.92. The Hall–Kier alpha value is -1.65. The highest BCUT2D eigenvalue weighted by atomic mass is 16.5. The minimum absolute atomic E-state index is 0.0120. The van der Waals surface area contributed by atoms with Crippen molar-refractivity contribution in [2.45, 2.75) is 43.9 Å². The van der Waals surface area contributed by atoms with Crippen LogP contribution in [0.15, 0.2) is 42.9 Å². The van der Waals surface area contributed by atoms with Crippen molar-refractivity contribution in [1.82, 2.24) is 9.55 Å². The largest absolute Gasteiger partial charge is 0.376 e. The van der Waals surface area contributed by atoms with E-state index in [9.17, 15) is 0 Å². The van der Waals surface area contributed by atoms with Crippen LogP contribution in [0.4, 0.5) is 0 Å². The first-order chi connectivity index (χ1) is 10.2. The van der Waals surface area contributed by atoms with Crippen LogP contribution in [0.2, 0.25) is 0 Å². The maximum atomic E-state index is 6.39. The van der Waals surface area contributed by atoms with Crippen LogP contribution < -0.4 is 5.73 Å². The van der Waals surface area contributed by atoms with Crippen molar-refractivity contribution in [3.63, 3.8) is 0 Å². The number of imidazole rings is 1. The molecular weight excluding hydrogens is 262 g/mol. The van der Waals surface area contributed by atoms with E-state index in [0.29, 0.717) is 0 Å². The molecule has 1 aromatic heterocycles. The third-order valence-electron chi connectivity index (χ3n) is 4.58. The van der Waals surface area contributed by atoms with Crippen molar-refractivity contribution in [3.05, 3.63) is 54.1 Å². The summed E-state index contributed by atoms with van der Waals surface area (Å²) in [6.45, 7) is 0.849. The van der Waals surface area contributed by atoms with Crippen LogP contribution in [0.5, 0.6) is 0 Å². The Balaban J connectivity index is 1.72. The van der Waals surface area contributed by atoms with E-state index in [1.165, 1.54) is 12.0 Å². The molecule has 1 aromatic carbocycles. The summed E-state index contributed by atoms with van der Waals surface area (Å²) in [5, 5.41) is 0. The summed E-state index contributed by atoms with van der Waals surface area (Å²) in [5.74, 6) is 0. The zero-order chi connectivity index (χ0) is 14.7. The molecule has 112 valence electrons. The van der Waals surface area contributed by atoms with Crippen LogP contribution in [0.25, 0.3) is 0 Å². The summed E-state index contributed by atoms with van der Waals surface area (Å²) in [7, 11) is 1.81. The van der Waals surface area contributed by atoms with E-state index in [2.05, 4.69) is 21.7 Å². The summed E-state index contributed by atoms with van der Waals surface area (Å²) in [6.07, 6.45) is 8.07. The molecule has 0 spiro atoms. The van der Waals surface area contributed by atoms with Gasteiger partial charge in [-0.1, -0.05) is 30.3 Å². The normalized spacial score (nSPS) is 18.2. The summed E-state index contributed by atoms with van der Waals surface area (Å²) in [4.78, 5) is 4.29. The lowest BCUT2D eigenvalue weighted by Gasteiger charge is -2.41.